The number of nitrogens with one attached hydrogen (secondary N) is 1. The molecule has 2 atom stereocenters. The molecule has 21 heavy (non-hydrogen) atoms. The maximum absolute atomic E-state index is 15.8. The highest BCUT2D eigenvalue weighted by Crippen LogP contribution is 2.46. The first kappa shape index (κ1) is 14.0. The second-order valence-electron chi connectivity index (χ2n) is 4.75. The zero-order chi connectivity index (χ0) is 15.0. The van der Waals surface area contributed by atoms with Gasteiger partial charge in [-0.15, -0.1) is 0 Å². The molecule has 0 amide bonds. The summed E-state index contributed by atoms with van der Waals surface area (Å²) in [7, 11) is 1.39. The third-order valence-corrected chi connectivity index (χ3v) is 4.07. The summed E-state index contributed by atoms with van der Waals surface area (Å²) in [6.07, 6.45) is 8.43. The Balaban J connectivity index is 2.27. The van der Waals surface area contributed by atoms with E-state index in [9.17, 15) is 4.79 Å². The normalized spacial score (nSPS) is 24.9. The number of alkyl halides is 1. The number of allylic oxidation sites excluding steroid dienone is 4. The van der Waals surface area contributed by atoms with Gasteiger partial charge in [-0.25, -0.2) is 9.37 Å². The zero-order valence-electron chi connectivity index (χ0n) is 11.1. The molecule has 4 nitrogen and oxygen atoms in total. The van der Waals surface area contributed by atoms with Crippen molar-refractivity contribution in [2.45, 2.75) is 5.67 Å². The lowest BCUT2D eigenvalue weighted by atomic mass is 9.79. The zero-order valence-corrected chi connectivity index (χ0v) is 12.7. The van der Waals surface area contributed by atoms with Crippen molar-refractivity contribution in [3.05, 3.63) is 52.5 Å². The van der Waals surface area contributed by atoms with Crippen molar-refractivity contribution < 1.29 is 13.9 Å². The Morgan fingerprint density at radius 2 is 2.38 bits per heavy atom. The molecule has 0 fully saturated rings. The van der Waals surface area contributed by atoms with Crippen molar-refractivity contribution in [3.63, 3.8) is 0 Å². The molecule has 0 radical (unpaired) electrons. The lowest BCUT2D eigenvalue weighted by Gasteiger charge is -2.32. The molecule has 0 saturated carbocycles. The number of pyridine rings is 1. The third kappa shape index (κ3) is 2.01. The van der Waals surface area contributed by atoms with Crippen LogP contribution in [0.3, 0.4) is 0 Å². The van der Waals surface area contributed by atoms with Crippen LogP contribution in [0.25, 0.3) is 11.0 Å². The summed E-state index contributed by atoms with van der Waals surface area (Å²) in [5.41, 5.74) is -1.16. The Kier molecular flexibility index (Phi) is 3.41. The molecule has 3 rings (SSSR count). The van der Waals surface area contributed by atoms with E-state index in [2.05, 4.69) is 25.9 Å². The first-order chi connectivity index (χ1) is 10.1. The van der Waals surface area contributed by atoms with Gasteiger partial charge in [0.05, 0.1) is 13.0 Å². The van der Waals surface area contributed by atoms with Crippen LogP contribution in [0.5, 0.6) is 0 Å². The van der Waals surface area contributed by atoms with Crippen LogP contribution in [0, 0.1) is 5.92 Å². The second kappa shape index (κ2) is 5.11. The van der Waals surface area contributed by atoms with E-state index in [0.29, 0.717) is 22.9 Å². The number of carbonyl (C=O) groups is 1. The van der Waals surface area contributed by atoms with Gasteiger partial charge in [-0.1, -0.05) is 12.2 Å². The molecule has 1 aliphatic rings. The molecule has 2 unspecified atom stereocenters. The quantitative estimate of drug-likeness (QED) is 0.863. The minimum absolute atomic E-state index is 0.1000. The van der Waals surface area contributed by atoms with Crippen molar-refractivity contribution in [1.82, 2.24) is 9.97 Å². The van der Waals surface area contributed by atoms with E-state index >= 15 is 4.39 Å². The molecule has 0 spiro atoms. The van der Waals surface area contributed by atoms with Gasteiger partial charge in [0.15, 0.2) is 0 Å². The van der Waals surface area contributed by atoms with Crippen LogP contribution in [0.2, 0.25) is 0 Å². The molecular weight excluding hydrogens is 339 g/mol. The number of hydrogen-bond donors (Lipinski definition) is 1. The topological polar surface area (TPSA) is 55.0 Å². The number of aromatic nitrogens is 2. The number of rotatable bonds is 3. The molecule has 2 aromatic rings. The number of aromatic amines is 1. The van der Waals surface area contributed by atoms with Gasteiger partial charge in [-0.05, 0) is 28.1 Å². The van der Waals surface area contributed by atoms with E-state index in [1.54, 1.807) is 18.3 Å². The van der Waals surface area contributed by atoms with Crippen molar-refractivity contribution in [2.24, 2.45) is 5.92 Å². The minimum atomic E-state index is -2.05. The summed E-state index contributed by atoms with van der Waals surface area (Å²) in [6, 6.07) is 1.77. The average molecular weight is 351 g/mol. The van der Waals surface area contributed by atoms with Crippen molar-refractivity contribution in [3.8, 4) is 0 Å². The number of carbonyl (C=O) groups excluding carboxylic acids is 1. The number of aldehydes is 1. The summed E-state index contributed by atoms with van der Waals surface area (Å²) in [6.45, 7) is 0. The summed E-state index contributed by atoms with van der Waals surface area (Å²) < 4.78 is 21.7. The summed E-state index contributed by atoms with van der Waals surface area (Å²) >= 11 is 3.33. The fraction of sp³-hybridized carbons (Fsp3) is 0.200. The number of nitrogens with zero attached hydrogens (tertiary/aromatic N) is 1. The van der Waals surface area contributed by atoms with Crippen LogP contribution in [0.15, 0.2) is 46.9 Å². The first-order valence-electron chi connectivity index (χ1n) is 6.31. The predicted octanol–water partition coefficient (Wildman–Crippen LogP) is 3.41. The van der Waals surface area contributed by atoms with E-state index in [1.165, 1.54) is 25.5 Å². The largest absolute Gasteiger partial charge is 0.497 e. The fourth-order valence-electron chi connectivity index (χ4n) is 2.63. The highest BCUT2D eigenvalue weighted by atomic mass is 79.9. The Bertz CT molecular complexity index is 768. The van der Waals surface area contributed by atoms with Gasteiger partial charge in [0, 0.05) is 27.8 Å². The van der Waals surface area contributed by atoms with Gasteiger partial charge in [0.2, 0.25) is 5.67 Å². The molecule has 0 saturated heterocycles. The van der Waals surface area contributed by atoms with E-state index < -0.39 is 11.6 Å². The van der Waals surface area contributed by atoms with E-state index in [-0.39, 0.29) is 5.76 Å². The van der Waals surface area contributed by atoms with Crippen LogP contribution in [-0.2, 0) is 15.2 Å². The lowest BCUT2D eigenvalue weighted by Crippen LogP contribution is -2.35. The molecule has 108 valence electrons. The molecular formula is C15H12BrFN2O2. The van der Waals surface area contributed by atoms with Crippen LogP contribution < -0.4 is 0 Å². The monoisotopic (exact) mass is 350 g/mol. The van der Waals surface area contributed by atoms with E-state index in [1.807, 2.05) is 0 Å². The van der Waals surface area contributed by atoms with Gasteiger partial charge in [-0.3, -0.25) is 0 Å². The van der Waals surface area contributed by atoms with Gasteiger partial charge in [0.1, 0.15) is 17.7 Å². The molecule has 1 aliphatic carbocycles. The number of ether oxygens (including phenoxy) is 1. The predicted molar refractivity (Wildman–Crippen MR) is 80.4 cm³/mol. The van der Waals surface area contributed by atoms with Gasteiger partial charge >= 0.3 is 0 Å². The maximum atomic E-state index is 15.8. The van der Waals surface area contributed by atoms with Gasteiger partial charge in [0.25, 0.3) is 0 Å². The minimum Gasteiger partial charge on any atom is -0.497 e. The van der Waals surface area contributed by atoms with E-state index in [0.717, 1.165) is 4.47 Å². The smallest absolute Gasteiger partial charge is 0.207 e. The highest BCUT2D eigenvalue weighted by molar-refractivity contribution is 9.10. The first-order valence-corrected chi connectivity index (χ1v) is 7.10. The standard InChI is InChI=1S/C15H12BrFN2O2/c1-21-13-4-2-3-9(8-20)15(13,17)12-7-19-14-11(12)5-10(16)6-18-14/h2-9H,1H3,(H,18,19). The van der Waals surface area contributed by atoms with Crippen LogP contribution in [0.1, 0.15) is 5.56 Å². The molecule has 0 aromatic carbocycles. The Morgan fingerprint density at radius 3 is 3.10 bits per heavy atom. The second-order valence-corrected chi connectivity index (χ2v) is 5.66. The number of methoxy groups -OCH3 is 1. The van der Waals surface area contributed by atoms with Crippen molar-refractivity contribution >= 4 is 33.2 Å². The lowest BCUT2D eigenvalue weighted by molar-refractivity contribution is -0.114. The fourth-order valence-corrected chi connectivity index (χ4v) is 2.96. The third-order valence-electron chi connectivity index (χ3n) is 3.64. The van der Waals surface area contributed by atoms with Crippen molar-refractivity contribution in [2.75, 3.05) is 7.11 Å². The number of halogens is 2. The summed E-state index contributed by atoms with van der Waals surface area (Å²) in [5, 5.41) is 0.608. The Morgan fingerprint density at radius 1 is 1.57 bits per heavy atom. The van der Waals surface area contributed by atoms with Gasteiger partial charge < -0.3 is 14.5 Å². The molecule has 2 heterocycles. The number of fused-ring (bicyclic) bond motifs is 1. The SMILES string of the molecule is COC1=CC=CC(C=O)C1(F)c1c[nH]c2ncc(Br)cc12. The highest BCUT2D eigenvalue weighted by Gasteiger charge is 2.47. The number of H-pyrrole nitrogens is 1. The summed E-state index contributed by atoms with van der Waals surface area (Å²) in [5.74, 6) is -0.849. The maximum Gasteiger partial charge on any atom is 0.207 e. The Labute approximate surface area is 128 Å². The number of hydrogen-bond acceptors (Lipinski definition) is 3. The van der Waals surface area contributed by atoms with Crippen LogP contribution >= 0.6 is 15.9 Å². The van der Waals surface area contributed by atoms with Crippen LogP contribution in [-0.4, -0.2) is 23.4 Å². The molecule has 0 aliphatic heterocycles. The van der Waals surface area contributed by atoms with Crippen LogP contribution in [0.4, 0.5) is 4.39 Å². The van der Waals surface area contributed by atoms with Crippen molar-refractivity contribution in [1.29, 1.82) is 0 Å². The average Bonchev–Trinajstić information content (AvgIpc) is 2.90. The molecule has 0 bridgehead atoms. The Hall–Kier alpha value is -1.95. The molecule has 1 N–H and O–H groups in total. The van der Waals surface area contributed by atoms with E-state index in [4.69, 9.17) is 4.74 Å². The molecule has 2 aromatic heterocycles. The summed E-state index contributed by atoms with van der Waals surface area (Å²) in [4.78, 5) is 18.5. The molecule has 6 heteroatoms. The van der Waals surface area contributed by atoms with Gasteiger partial charge in [-0.2, -0.15) is 0 Å².